The Morgan fingerprint density at radius 3 is 2.95 bits per heavy atom. The highest BCUT2D eigenvalue weighted by atomic mass is 32.1. The van der Waals surface area contributed by atoms with E-state index >= 15 is 0 Å². The van der Waals surface area contributed by atoms with Gasteiger partial charge in [0.2, 0.25) is 10.9 Å². The Hall–Kier alpha value is -1.54. The molecular weight excluding hydrogens is 288 g/mol. The van der Waals surface area contributed by atoms with Crippen LogP contribution in [-0.4, -0.2) is 57.8 Å². The molecule has 0 unspecified atom stereocenters. The first-order valence-corrected chi connectivity index (χ1v) is 8.07. The van der Waals surface area contributed by atoms with Crippen LogP contribution >= 0.6 is 11.3 Å². The molecule has 7 nitrogen and oxygen atoms in total. The molecule has 0 atom stereocenters. The number of carbonyl (C=O) groups is 1. The largest absolute Gasteiger partial charge is 0.355 e. The van der Waals surface area contributed by atoms with Gasteiger partial charge >= 0.3 is 0 Å². The van der Waals surface area contributed by atoms with Gasteiger partial charge in [-0.2, -0.15) is 9.61 Å². The van der Waals surface area contributed by atoms with Gasteiger partial charge in [0.05, 0.1) is 0 Å². The van der Waals surface area contributed by atoms with E-state index in [2.05, 4.69) is 20.6 Å². The summed E-state index contributed by atoms with van der Waals surface area (Å²) in [5.41, 5.74) is 0. The van der Waals surface area contributed by atoms with Crippen molar-refractivity contribution in [3.8, 4) is 0 Å². The van der Waals surface area contributed by atoms with E-state index in [1.165, 1.54) is 24.2 Å². The van der Waals surface area contributed by atoms with Crippen LogP contribution in [0.2, 0.25) is 0 Å². The molecule has 1 fully saturated rings. The monoisotopic (exact) mass is 308 g/mol. The van der Waals surface area contributed by atoms with Crippen LogP contribution in [0.4, 0.5) is 0 Å². The molecule has 8 heteroatoms. The molecule has 2 heterocycles. The number of rotatable bonds is 7. The molecule has 1 saturated carbocycles. The molecule has 0 aromatic carbocycles. The van der Waals surface area contributed by atoms with E-state index in [9.17, 15) is 4.79 Å². The van der Waals surface area contributed by atoms with Crippen molar-refractivity contribution >= 4 is 22.2 Å². The number of carbonyl (C=O) groups excluding carboxylic acids is 1. The minimum atomic E-state index is 0.0743. The topological polar surface area (TPSA) is 75.4 Å². The number of nitrogens with zero attached hydrogens (tertiary/aromatic N) is 5. The maximum atomic E-state index is 11.7. The molecule has 21 heavy (non-hydrogen) atoms. The van der Waals surface area contributed by atoms with Crippen molar-refractivity contribution in [3.05, 3.63) is 10.8 Å². The minimum Gasteiger partial charge on any atom is -0.355 e. The Labute approximate surface area is 127 Å². The Bertz CT molecular complexity index is 630. The highest BCUT2D eigenvalue weighted by Gasteiger charge is 2.30. The second-order valence-electron chi connectivity index (χ2n) is 5.68. The Morgan fingerprint density at radius 2 is 2.24 bits per heavy atom. The molecular formula is C13H20N6OS. The molecule has 0 bridgehead atoms. The third kappa shape index (κ3) is 3.56. The third-order valence-corrected chi connectivity index (χ3v) is 4.41. The summed E-state index contributed by atoms with van der Waals surface area (Å²) in [5.74, 6) is 1.58. The third-order valence-electron chi connectivity index (χ3n) is 3.45. The van der Waals surface area contributed by atoms with Gasteiger partial charge in [-0.05, 0) is 26.9 Å². The van der Waals surface area contributed by atoms with Gasteiger partial charge < -0.3 is 10.2 Å². The summed E-state index contributed by atoms with van der Waals surface area (Å²) in [6.07, 6.45) is 3.49. The van der Waals surface area contributed by atoms with Crippen molar-refractivity contribution in [2.24, 2.45) is 0 Å². The molecule has 0 aliphatic heterocycles. The van der Waals surface area contributed by atoms with E-state index < -0.39 is 0 Å². The quantitative estimate of drug-likeness (QED) is 0.814. The lowest BCUT2D eigenvalue weighted by molar-refractivity contribution is -0.121. The summed E-state index contributed by atoms with van der Waals surface area (Å²) in [6.45, 7) is 1.54. The number of hydrogen-bond acceptors (Lipinski definition) is 6. The van der Waals surface area contributed by atoms with Gasteiger partial charge in [0.25, 0.3) is 0 Å². The summed E-state index contributed by atoms with van der Waals surface area (Å²) in [5, 5.41) is 16.7. The highest BCUT2D eigenvalue weighted by Crippen LogP contribution is 2.39. The van der Waals surface area contributed by atoms with Gasteiger partial charge in [-0.15, -0.1) is 10.2 Å². The average molecular weight is 308 g/mol. The molecule has 1 aliphatic carbocycles. The summed E-state index contributed by atoms with van der Waals surface area (Å²) >= 11 is 1.52. The van der Waals surface area contributed by atoms with E-state index in [1.807, 2.05) is 23.5 Å². The Balaban J connectivity index is 1.52. The molecule has 1 N–H and O–H groups in total. The van der Waals surface area contributed by atoms with E-state index in [0.717, 1.165) is 22.3 Å². The zero-order valence-corrected chi connectivity index (χ0v) is 13.2. The second-order valence-corrected chi connectivity index (χ2v) is 6.72. The lowest BCUT2D eigenvalue weighted by Gasteiger charge is -2.09. The molecule has 1 aliphatic rings. The Morgan fingerprint density at radius 1 is 1.43 bits per heavy atom. The predicted molar refractivity (Wildman–Crippen MR) is 80.5 cm³/mol. The summed E-state index contributed by atoms with van der Waals surface area (Å²) in [7, 11) is 3.98. The molecule has 0 spiro atoms. The number of aryl methyl sites for hydroxylation is 1. The summed E-state index contributed by atoms with van der Waals surface area (Å²) < 4.78 is 1.85. The second kappa shape index (κ2) is 6.07. The first-order valence-electron chi connectivity index (χ1n) is 7.26. The van der Waals surface area contributed by atoms with Crippen LogP contribution in [0.15, 0.2) is 0 Å². The number of aromatic nitrogens is 4. The van der Waals surface area contributed by atoms with Crippen LogP contribution in [0.1, 0.15) is 36.0 Å². The first kappa shape index (κ1) is 14.4. The Kier molecular flexibility index (Phi) is 4.16. The maximum absolute atomic E-state index is 11.7. The SMILES string of the molecule is CN(C)CCNC(=O)CCc1nn2c(C3CC3)nnc2s1. The van der Waals surface area contributed by atoms with Crippen molar-refractivity contribution in [3.63, 3.8) is 0 Å². The molecule has 3 rings (SSSR count). The van der Waals surface area contributed by atoms with Crippen LogP contribution in [0.25, 0.3) is 4.96 Å². The molecule has 114 valence electrons. The number of fused-ring (bicyclic) bond motifs is 1. The van der Waals surface area contributed by atoms with Crippen molar-refractivity contribution in [1.82, 2.24) is 30.0 Å². The molecule has 2 aromatic heterocycles. The van der Waals surface area contributed by atoms with Gasteiger partial charge in [0.1, 0.15) is 5.01 Å². The molecule has 0 radical (unpaired) electrons. The first-order chi connectivity index (χ1) is 10.1. The van der Waals surface area contributed by atoms with E-state index in [0.29, 0.717) is 25.3 Å². The number of hydrogen-bond donors (Lipinski definition) is 1. The summed E-state index contributed by atoms with van der Waals surface area (Å²) in [4.78, 5) is 14.6. The zero-order chi connectivity index (χ0) is 14.8. The van der Waals surface area contributed by atoms with Gasteiger partial charge in [-0.1, -0.05) is 11.3 Å². The van der Waals surface area contributed by atoms with E-state index in [-0.39, 0.29) is 5.91 Å². The standard InChI is InChI=1S/C13H20N6OS/c1-18(2)8-7-14-10(20)5-6-11-17-19-12(9-3-4-9)15-16-13(19)21-11/h9H,3-8H2,1-2H3,(H,14,20). The van der Waals surface area contributed by atoms with Crippen LogP contribution in [0.5, 0.6) is 0 Å². The average Bonchev–Trinajstić information content (AvgIpc) is 3.07. The normalized spacial score (nSPS) is 15.0. The lowest BCUT2D eigenvalue weighted by Crippen LogP contribution is -2.31. The lowest BCUT2D eigenvalue weighted by atomic mass is 10.3. The van der Waals surface area contributed by atoms with Crippen LogP contribution < -0.4 is 5.32 Å². The molecule has 2 aromatic rings. The fourth-order valence-electron chi connectivity index (χ4n) is 2.10. The van der Waals surface area contributed by atoms with Gasteiger partial charge in [0, 0.05) is 31.8 Å². The highest BCUT2D eigenvalue weighted by molar-refractivity contribution is 7.16. The van der Waals surface area contributed by atoms with E-state index in [4.69, 9.17) is 0 Å². The van der Waals surface area contributed by atoms with Gasteiger partial charge in [-0.25, -0.2) is 0 Å². The van der Waals surface area contributed by atoms with E-state index in [1.54, 1.807) is 0 Å². The van der Waals surface area contributed by atoms with Crippen molar-refractivity contribution in [2.75, 3.05) is 27.2 Å². The van der Waals surface area contributed by atoms with Crippen LogP contribution in [0.3, 0.4) is 0 Å². The molecule has 0 saturated heterocycles. The number of amides is 1. The maximum Gasteiger partial charge on any atom is 0.234 e. The van der Waals surface area contributed by atoms with Gasteiger partial charge in [0.15, 0.2) is 5.82 Å². The number of likely N-dealkylation sites (N-methyl/N-ethyl adjacent to an activating group) is 1. The predicted octanol–water partition coefficient (Wildman–Crippen LogP) is 0.674. The number of nitrogens with one attached hydrogen (secondary N) is 1. The fraction of sp³-hybridized carbons (Fsp3) is 0.692. The van der Waals surface area contributed by atoms with Gasteiger partial charge in [-0.3, -0.25) is 4.79 Å². The van der Waals surface area contributed by atoms with Crippen LogP contribution in [-0.2, 0) is 11.2 Å². The van der Waals surface area contributed by atoms with Crippen molar-refractivity contribution < 1.29 is 4.79 Å². The molecule has 1 amide bonds. The van der Waals surface area contributed by atoms with Crippen LogP contribution in [0, 0.1) is 0 Å². The smallest absolute Gasteiger partial charge is 0.234 e. The zero-order valence-electron chi connectivity index (χ0n) is 12.4. The summed E-state index contributed by atoms with van der Waals surface area (Å²) in [6, 6.07) is 0. The van der Waals surface area contributed by atoms with Crippen molar-refractivity contribution in [1.29, 1.82) is 0 Å². The fourth-order valence-corrected chi connectivity index (χ4v) is 2.94. The minimum absolute atomic E-state index is 0.0743. The van der Waals surface area contributed by atoms with Crippen molar-refractivity contribution in [2.45, 2.75) is 31.6 Å².